The van der Waals surface area contributed by atoms with Crippen molar-refractivity contribution in [3.63, 3.8) is 0 Å². The minimum absolute atomic E-state index is 0.0223. The summed E-state index contributed by atoms with van der Waals surface area (Å²) >= 11 is 2.79. The van der Waals surface area contributed by atoms with Gasteiger partial charge in [-0.2, -0.15) is 4.72 Å². The lowest BCUT2D eigenvalue weighted by Crippen LogP contribution is -2.55. The lowest BCUT2D eigenvalue weighted by atomic mass is 10.1. The molecule has 1 N–H and O–H groups in total. The van der Waals surface area contributed by atoms with Crippen molar-refractivity contribution in [2.45, 2.75) is 61.7 Å². The molecular formula is C25H34N4O4S3. The smallest absolute Gasteiger partial charge is 0.250 e. The topological polar surface area (TPSA) is 90.0 Å². The van der Waals surface area contributed by atoms with E-state index in [1.165, 1.54) is 24.2 Å². The highest BCUT2D eigenvalue weighted by molar-refractivity contribution is 7.91. The van der Waals surface area contributed by atoms with Crippen molar-refractivity contribution < 1.29 is 18.0 Å². The third kappa shape index (κ3) is 5.70. The van der Waals surface area contributed by atoms with Gasteiger partial charge < -0.3 is 14.7 Å². The molecule has 5 rings (SSSR count). The molecule has 3 aliphatic rings. The normalized spacial score (nSPS) is 23.6. The molecule has 3 aliphatic heterocycles. The van der Waals surface area contributed by atoms with Gasteiger partial charge in [-0.05, 0) is 87.7 Å². The van der Waals surface area contributed by atoms with Crippen molar-refractivity contribution in [3.8, 4) is 9.75 Å². The van der Waals surface area contributed by atoms with Gasteiger partial charge in [0.2, 0.25) is 11.8 Å². The van der Waals surface area contributed by atoms with Crippen molar-refractivity contribution in [2.24, 2.45) is 0 Å². The molecule has 5 heterocycles. The summed E-state index contributed by atoms with van der Waals surface area (Å²) in [6.45, 7) is 6.36. The van der Waals surface area contributed by atoms with Crippen molar-refractivity contribution in [2.75, 3.05) is 39.3 Å². The van der Waals surface area contributed by atoms with Gasteiger partial charge in [0.15, 0.2) is 0 Å². The number of carbonyl (C=O) groups excluding carboxylic acids is 2. The first-order chi connectivity index (χ1) is 17.3. The molecule has 196 valence electrons. The number of rotatable bonds is 8. The molecule has 0 spiro atoms. The molecular weight excluding hydrogens is 517 g/mol. The van der Waals surface area contributed by atoms with Crippen LogP contribution in [0.25, 0.3) is 9.75 Å². The molecule has 0 bridgehead atoms. The highest BCUT2D eigenvalue weighted by Gasteiger charge is 2.36. The third-order valence-corrected chi connectivity index (χ3v) is 11.6. The van der Waals surface area contributed by atoms with Crippen molar-refractivity contribution in [1.29, 1.82) is 0 Å². The Morgan fingerprint density at radius 2 is 1.83 bits per heavy atom. The van der Waals surface area contributed by atoms with Gasteiger partial charge in [0.05, 0.1) is 6.54 Å². The fraction of sp³-hybridized carbons (Fsp3) is 0.600. The van der Waals surface area contributed by atoms with Crippen LogP contribution in [0.2, 0.25) is 0 Å². The van der Waals surface area contributed by atoms with Crippen LogP contribution in [-0.2, 0) is 19.6 Å². The molecule has 2 unspecified atom stereocenters. The van der Waals surface area contributed by atoms with Gasteiger partial charge >= 0.3 is 0 Å². The SMILES string of the molecule is Cc1csc(-c2ccc(S(=O)(=O)NC3CCCN(CC(=O)N4CCCC4CN4CCCC4)C3=O)s2)c1. The highest BCUT2D eigenvalue weighted by Crippen LogP contribution is 2.35. The second-order valence-corrected chi connectivity index (χ2v) is 14.0. The minimum Gasteiger partial charge on any atom is -0.337 e. The zero-order valence-corrected chi connectivity index (χ0v) is 23.1. The molecule has 2 aromatic rings. The van der Waals surface area contributed by atoms with E-state index in [0.717, 1.165) is 54.3 Å². The zero-order valence-electron chi connectivity index (χ0n) is 20.6. The number of aryl methyl sites for hydroxylation is 1. The van der Waals surface area contributed by atoms with E-state index in [1.807, 2.05) is 29.3 Å². The Kier molecular flexibility index (Phi) is 7.83. The summed E-state index contributed by atoms with van der Waals surface area (Å²) < 4.78 is 29.0. The van der Waals surface area contributed by atoms with Gasteiger partial charge in [-0.25, -0.2) is 8.42 Å². The molecule has 3 saturated heterocycles. The van der Waals surface area contributed by atoms with E-state index in [-0.39, 0.29) is 28.6 Å². The summed E-state index contributed by atoms with van der Waals surface area (Å²) in [5.41, 5.74) is 1.14. The number of carbonyl (C=O) groups is 2. The average Bonchev–Trinajstić information content (AvgIpc) is 3.64. The van der Waals surface area contributed by atoms with Crippen LogP contribution >= 0.6 is 22.7 Å². The standard InChI is InChI=1S/C25H34N4O4S3/c1-18-14-22(34-17-18)21-8-9-24(35-21)36(32,33)26-20-7-5-12-28(25(20)31)16-23(30)29-13-4-6-19(29)15-27-10-2-3-11-27/h8-9,14,17,19-20,26H,2-7,10-13,15-16H2,1H3. The monoisotopic (exact) mass is 550 g/mol. The molecule has 36 heavy (non-hydrogen) atoms. The van der Waals surface area contributed by atoms with Gasteiger partial charge in [-0.1, -0.05) is 0 Å². The summed E-state index contributed by atoms with van der Waals surface area (Å²) in [6.07, 6.45) is 5.54. The van der Waals surface area contributed by atoms with Crippen LogP contribution in [0.4, 0.5) is 0 Å². The zero-order chi connectivity index (χ0) is 25.3. The van der Waals surface area contributed by atoms with Gasteiger partial charge in [0, 0.05) is 35.4 Å². The summed E-state index contributed by atoms with van der Waals surface area (Å²) in [5.74, 6) is -0.332. The van der Waals surface area contributed by atoms with Crippen LogP contribution in [0.5, 0.6) is 0 Å². The van der Waals surface area contributed by atoms with E-state index in [0.29, 0.717) is 19.4 Å². The van der Waals surface area contributed by atoms with Crippen molar-refractivity contribution in [3.05, 3.63) is 29.1 Å². The Bertz CT molecular complexity index is 1200. The molecule has 8 nitrogen and oxygen atoms in total. The van der Waals surface area contributed by atoms with Gasteiger partial charge in [0.1, 0.15) is 10.3 Å². The first kappa shape index (κ1) is 25.8. The Morgan fingerprint density at radius 3 is 2.58 bits per heavy atom. The fourth-order valence-corrected chi connectivity index (χ4v) is 9.03. The molecule has 0 radical (unpaired) electrons. The number of piperidine rings is 1. The minimum atomic E-state index is -3.84. The Balaban J connectivity index is 1.20. The van der Waals surface area contributed by atoms with Crippen LogP contribution in [0.3, 0.4) is 0 Å². The second-order valence-electron chi connectivity index (χ2n) is 10.1. The van der Waals surface area contributed by atoms with Gasteiger partial charge in [-0.3, -0.25) is 9.59 Å². The summed E-state index contributed by atoms with van der Waals surface area (Å²) in [7, 11) is -3.84. The van der Waals surface area contributed by atoms with Gasteiger partial charge in [-0.15, -0.1) is 22.7 Å². The first-order valence-electron chi connectivity index (χ1n) is 12.8. The maximum atomic E-state index is 13.2. The number of hydrogen-bond acceptors (Lipinski definition) is 7. The van der Waals surface area contributed by atoms with Crippen LogP contribution in [-0.4, -0.2) is 86.3 Å². The van der Waals surface area contributed by atoms with Crippen LogP contribution in [0.15, 0.2) is 27.8 Å². The Morgan fingerprint density at radius 1 is 1.06 bits per heavy atom. The molecule has 0 aromatic carbocycles. The third-order valence-electron chi connectivity index (χ3n) is 7.34. The van der Waals surface area contributed by atoms with E-state index in [2.05, 4.69) is 9.62 Å². The first-order valence-corrected chi connectivity index (χ1v) is 16.0. The second kappa shape index (κ2) is 10.9. The van der Waals surface area contributed by atoms with Crippen LogP contribution < -0.4 is 4.72 Å². The van der Waals surface area contributed by atoms with E-state index in [9.17, 15) is 18.0 Å². The number of thiophene rings is 2. The Labute approximate surface area is 221 Å². The number of nitrogens with one attached hydrogen (secondary N) is 1. The predicted octanol–water partition coefficient (Wildman–Crippen LogP) is 3.14. The summed E-state index contributed by atoms with van der Waals surface area (Å²) in [5, 5.41) is 2.04. The maximum Gasteiger partial charge on any atom is 0.250 e. The fourth-order valence-electron chi connectivity index (χ4n) is 5.48. The number of nitrogens with zero attached hydrogens (tertiary/aromatic N) is 3. The molecule has 0 aliphatic carbocycles. The number of hydrogen-bond donors (Lipinski definition) is 1. The molecule has 2 atom stereocenters. The molecule has 3 fully saturated rings. The van der Waals surface area contributed by atoms with E-state index in [4.69, 9.17) is 0 Å². The lowest BCUT2D eigenvalue weighted by Gasteiger charge is -2.34. The summed E-state index contributed by atoms with van der Waals surface area (Å²) in [6, 6.07) is 4.82. The maximum absolute atomic E-state index is 13.2. The van der Waals surface area contributed by atoms with Crippen molar-refractivity contribution in [1.82, 2.24) is 19.4 Å². The van der Waals surface area contributed by atoms with Crippen LogP contribution in [0, 0.1) is 6.92 Å². The molecule has 0 saturated carbocycles. The molecule has 2 amide bonds. The lowest BCUT2D eigenvalue weighted by molar-refractivity contribution is -0.143. The number of sulfonamides is 1. The van der Waals surface area contributed by atoms with E-state index < -0.39 is 16.1 Å². The summed E-state index contributed by atoms with van der Waals surface area (Å²) in [4.78, 5) is 34.2. The highest BCUT2D eigenvalue weighted by atomic mass is 32.2. The van der Waals surface area contributed by atoms with E-state index in [1.54, 1.807) is 22.3 Å². The number of likely N-dealkylation sites (tertiary alicyclic amines) is 3. The number of amides is 2. The average molecular weight is 551 g/mol. The predicted molar refractivity (Wildman–Crippen MR) is 143 cm³/mol. The van der Waals surface area contributed by atoms with Gasteiger partial charge in [0.25, 0.3) is 10.0 Å². The largest absolute Gasteiger partial charge is 0.337 e. The van der Waals surface area contributed by atoms with Crippen molar-refractivity contribution >= 4 is 44.5 Å². The van der Waals surface area contributed by atoms with E-state index >= 15 is 0 Å². The molecule has 11 heteroatoms. The molecule has 2 aromatic heterocycles. The Hall–Kier alpha value is -1.79. The van der Waals surface area contributed by atoms with Crippen LogP contribution in [0.1, 0.15) is 44.1 Å². The quantitative estimate of drug-likeness (QED) is 0.546.